The number of nitrogens with zero attached hydrogens (tertiary/aromatic N) is 1. The molecule has 0 aliphatic rings. The van der Waals surface area contributed by atoms with E-state index in [0.29, 0.717) is 13.2 Å². The molecule has 0 saturated carbocycles. The van der Waals surface area contributed by atoms with E-state index in [9.17, 15) is 4.79 Å². The van der Waals surface area contributed by atoms with Crippen LogP contribution in [0.15, 0.2) is 23.1 Å². The number of imidazole rings is 1. The number of aromatic amines is 1. The molecule has 1 aromatic carbocycles. The van der Waals surface area contributed by atoms with E-state index in [0.717, 1.165) is 21.3 Å². The third kappa shape index (κ3) is 5.54. The molecule has 23 heavy (non-hydrogen) atoms. The van der Waals surface area contributed by atoms with Crippen molar-refractivity contribution in [1.29, 1.82) is 0 Å². The molecule has 0 saturated heterocycles. The Balaban J connectivity index is 1.93. The van der Waals surface area contributed by atoms with Crippen LogP contribution in [0.4, 0.5) is 10.7 Å². The van der Waals surface area contributed by atoms with Crippen LogP contribution in [0.5, 0.6) is 0 Å². The van der Waals surface area contributed by atoms with Crippen molar-refractivity contribution >= 4 is 44.4 Å². The summed E-state index contributed by atoms with van der Waals surface area (Å²) in [7, 11) is -0.502. The summed E-state index contributed by atoms with van der Waals surface area (Å²) in [6.45, 7) is 5.28. The quantitative estimate of drug-likeness (QED) is 0.363. The first kappa shape index (κ1) is 17.8. The number of rotatable bonds is 9. The summed E-state index contributed by atoms with van der Waals surface area (Å²) in [5, 5.41) is 11.9. The number of nitrogens with one attached hydrogen (secondary N) is 2. The first-order valence-electron chi connectivity index (χ1n) is 7.48. The summed E-state index contributed by atoms with van der Waals surface area (Å²) in [5.74, 6) is 0.203. The lowest BCUT2D eigenvalue weighted by Gasteiger charge is -2.16. The molecule has 0 aliphatic carbocycles. The van der Waals surface area contributed by atoms with Crippen LogP contribution in [0.25, 0.3) is 11.0 Å². The zero-order chi connectivity index (χ0) is 16.7. The van der Waals surface area contributed by atoms with Crippen molar-refractivity contribution in [2.45, 2.75) is 24.7 Å². The lowest BCUT2D eigenvalue weighted by molar-refractivity contribution is -0.0823. The van der Waals surface area contributed by atoms with E-state index in [1.54, 1.807) is 11.8 Å². The summed E-state index contributed by atoms with van der Waals surface area (Å²) < 4.78 is 11.2. The average Bonchev–Trinajstić information content (AvgIpc) is 2.88. The van der Waals surface area contributed by atoms with Crippen molar-refractivity contribution in [2.24, 2.45) is 0 Å². The van der Waals surface area contributed by atoms with Gasteiger partial charge in [0.15, 0.2) is 0 Å². The number of H-pyrrole nitrogens is 1. The van der Waals surface area contributed by atoms with Crippen LogP contribution >= 0.6 is 11.8 Å². The van der Waals surface area contributed by atoms with Gasteiger partial charge in [0.2, 0.25) is 5.95 Å². The zero-order valence-corrected chi connectivity index (χ0v) is 15.4. The fourth-order valence-electron chi connectivity index (χ4n) is 2.10. The van der Waals surface area contributed by atoms with E-state index >= 15 is 0 Å². The van der Waals surface area contributed by atoms with Crippen molar-refractivity contribution in [3.8, 4) is 0 Å². The molecule has 0 bridgehead atoms. The Morgan fingerprint density at radius 2 is 2.17 bits per heavy atom. The van der Waals surface area contributed by atoms with Crippen molar-refractivity contribution in [3.63, 3.8) is 0 Å². The number of fused-ring (bicyclic) bond motifs is 1. The third-order valence-electron chi connectivity index (χ3n) is 3.01. The van der Waals surface area contributed by atoms with Gasteiger partial charge in [-0.05, 0) is 37.4 Å². The molecule has 126 valence electrons. The highest BCUT2D eigenvalue weighted by molar-refractivity contribution is 8.00. The molecule has 1 heterocycles. The van der Waals surface area contributed by atoms with E-state index in [4.69, 9.17) is 14.6 Å². The van der Waals surface area contributed by atoms with Crippen LogP contribution in [0, 0.1) is 0 Å². The molecule has 0 spiro atoms. The second-order valence-corrected chi connectivity index (χ2v) is 8.31. The van der Waals surface area contributed by atoms with Crippen LogP contribution in [0.2, 0.25) is 0 Å². The van der Waals surface area contributed by atoms with Gasteiger partial charge in [0.25, 0.3) is 0 Å². The van der Waals surface area contributed by atoms with Gasteiger partial charge in [-0.2, -0.15) is 0 Å². The average molecular weight is 355 g/mol. The van der Waals surface area contributed by atoms with Gasteiger partial charge in [0.05, 0.1) is 11.0 Å². The minimum atomic E-state index is -1.14. The number of hydrogen-bond acceptors (Lipinski definition) is 5. The van der Waals surface area contributed by atoms with Crippen molar-refractivity contribution in [2.75, 3.05) is 23.9 Å². The third-order valence-corrected chi connectivity index (χ3v) is 6.30. The number of hydrogen-bond donors (Lipinski definition) is 3. The number of thioether (sulfide) groups is 1. The van der Waals surface area contributed by atoms with E-state index < -0.39 is 15.6 Å². The van der Waals surface area contributed by atoms with Crippen molar-refractivity contribution in [3.05, 3.63) is 18.2 Å². The lowest BCUT2D eigenvalue weighted by Crippen LogP contribution is -2.26. The maximum absolute atomic E-state index is 10.6. The molecule has 7 nitrogen and oxygen atoms in total. The molecule has 0 aliphatic heterocycles. The smallest absolute Gasteiger partial charge is 0.411 e. The monoisotopic (exact) mass is 355 g/mol. The van der Waals surface area contributed by atoms with Gasteiger partial charge in [0.1, 0.15) is 15.4 Å². The number of amides is 1. The minimum absolute atomic E-state index is 0.0296. The van der Waals surface area contributed by atoms with Crippen LogP contribution < -0.4 is 5.32 Å². The number of ether oxygens (including phenoxy) is 2. The summed E-state index contributed by atoms with van der Waals surface area (Å²) >= 11 is 1.75. The summed E-state index contributed by atoms with van der Waals surface area (Å²) in [6, 6.07) is 5.86. The second-order valence-electron chi connectivity index (χ2n) is 4.67. The Morgan fingerprint density at radius 1 is 1.43 bits per heavy atom. The molecule has 0 radical (unpaired) electrons. The zero-order valence-electron chi connectivity index (χ0n) is 13.2. The molecule has 9 heteroatoms. The molecule has 3 N–H and O–H groups in total. The van der Waals surface area contributed by atoms with Gasteiger partial charge in [-0.1, -0.05) is 0 Å². The standard InChI is InChI=1S/C14H21N3O4SSi/c1-3-20-14(21-4-2)23-8-22-9-5-6-10-11(7-9)16-12(15-10)17-13(18)19/h5-7,14H,3-4,8,23H2,1-2H3,(H,18,19)(H2,15,16,17). The first-order valence-corrected chi connectivity index (χ1v) is 10.3. The van der Waals surface area contributed by atoms with Crippen LogP contribution in [-0.4, -0.2) is 55.2 Å². The summed E-state index contributed by atoms with van der Waals surface area (Å²) in [5.41, 5.74) is 1.54. The molecule has 0 atom stereocenters. The van der Waals surface area contributed by atoms with Crippen LogP contribution in [0.1, 0.15) is 13.8 Å². The van der Waals surface area contributed by atoms with Crippen molar-refractivity contribution in [1.82, 2.24) is 9.97 Å². The molecule has 0 unspecified atom stereocenters. The highest BCUT2D eigenvalue weighted by Crippen LogP contribution is 2.23. The molecular formula is C14H21N3O4SSi. The van der Waals surface area contributed by atoms with Gasteiger partial charge in [-0.3, -0.25) is 5.32 Å². The van der Waals surface area contributed by atoms with E-state index in [1.165, 1.54) is 0 Å². The Hall–Kier alpha value is -1.55. The molecule has 2 rings (SSSR count). The molecule has 0 fully saturated rings. The molecule has 1 aromatic heterocycles. The van der Waals surface area contributed by atoms with E-state index in [-0.39, 0.29) is 11.9 Å². The van der Waals surface area contributed by atoms with Crippen LogP contribution in [-0.2, 0) is 9.47 Å². The largest absolute Gasteiger partial charge is 0.465 e. The Kier molecular flexibility index (Phi) is 6.90. The van der Waals surface area contributed by atoms with Gasteiger partial charge in [0, 0.05) is 18.1 Å². The maximum atomic E-state index is 10.6. The number of benzene rings is 1. The predicted molar refractivity (Wildman–Crippen MR) is 94.0 cm³/mol. The SMILES string of the molecule is CCOC(OCC)[SiH2]CSc1ccc2[nH]c(NC(=O)O)nc2c1. The van der Waals surface area contributed by atoms with E-state index in [1.807, 2.05) is 32.0 Å². The predicted octanol–water partition coefficient (Wildman–Crippen LogP) is 2.23. The highest BCUT2D eigenvalue weighted by Gasteiger charge is 2.10. The fraction of sp³-hybridized carbons (Fsp3) is 0.429. The maximum Gasteiger partial charge on any atom is 0.411 e. The van der Waals surface area contributed by atoms with Gasteiger partial charge in [-0.15, -0.1) is 11.8 Å². The number of anilines is 1. The summed E-state index contributed by atoms with van der Waals surface area (Å²) in [6.07, 6.45) is -1.14. The Bertz CT molecular complexity index is 646. The number of carbonyl (C=O) groups is 1. The Morgan fingerprint density at radius 3 is 2.83 bits per heavy atom. The first-order chi connectivity index (χ1) is 11.1. The minimum Gasteiger partial charge on any atom is -0.465 e. The van der Waals surface area contributed by atoms with Gasteiger partial charge in [-0.25, -0.2) is 9.78 Å². The summed E-state index contributed by atoms with van der Waals surface area (Å²) in [4.78, 5) is 18.9. The highest BCUT2D eigenvalue weighted by atomic mass is 32.2. The molecule has 1 amide bonds. The molecule has 2 aromatic rings. The fourth-order valence-corrected chi connectivity index (χ4v) is 5.44. The van der Waals surface area contributed by atoms with Crippen LogP contribution in [0.3, 0.4) is 0 Å². The number of aromatic nitrogens is 2. The number of carboxylic acid groups (broad SMARTS) is 1. The molecular weight excluding hydrogens is 334 g/mol. The topological polar surface area (TPSA) is 96.5 Å². The van der Waals surface area contributed by atoms with E-state index in [2.05, 4.69) is 15.3 Å². The van der Waals surface area contributed by atoms with Gasteiger partial charge < -0.3 is 19.6 Å². The van der Waals surface area contributed by atoms with Crippen molar-refractivity contribution < 1.29 is 19.4 Å². The second kappa shape index (κ2) is 8.92. The van der Waals surface area contributed by atoms with Gasteiger partial charge >= 0.3 is 6.09 Å². The normalized spacial score (nSPS) is 11.8. The Labute approximate surface area is 141 Å². The lowest BCUT2D eigenvalue weighted by atomic mass is 10.3.